The quantitative estimate of drug-likeness (QED) is 0.636. The minimum Gasteiger partial charge on any atom is -0.497 e. The number of nitrogens with zero attached hydrogens (tertiary/aromatic N) is 3. The first kappa shape index (κ1) is 19.0. The maximum Gasteiger partial charge on any atom is 0.264 e. The lowest BCUT2D eigenvalue weighted by Crippen LogP contribution is -2.39. The molecule has 29 heavy (non-hydrogen) atoms. The van der Waals surface area contributed by atoms with E-state index in [2.05, 4.69) is 10.1 Å². The van der Waals surface area contributed by atoms with E-state index >= 15 is 0 Å². The minimum atomic E-state index is 0.00785. The molecule has 0 aliphatic carbocycles. The van der Waals surface area contributed by atoms with Gasteiger partial charge in [0.2, 0.25) is 0 Å². The van der Waals surface area contributed by atoms with Crippen molar-refractivity contribution in [3.8, 4) is 11.5 Å². The third-order valence-electron chi connectivity index (χ3n) is 5.00. The van der Waals surface area contributed by atoms with Crippen LogP contribution in [-0.4, -0.2) is 41.1 Å². The number of rotatable bonds is 6. The summed E-state index contributed by atoms with van der Waals surface area (Å²) in [6, 6.07) is 16.7. The molecule has 0 spiro atoms. The van der Waals surface area contributed by atoms with Gasteiger partial charge in [-0.3, -0.25) is 4.79 Å². The highest BCUT2D eigenvalue weighted by atomic mass is 16.5. The molecule has 2 heterocycles. The van der Waals surface area contributed by atoms with Crippen molar-refractivity contribution in [2.45, 2.75) is 25.4 Å². The zero-order chi connectivity index (χ0) is 20.1. The summed E-state index contributed by atoms with van der Waals surface area (Å²) in [5, 5.41) is 4.12. The molecule has 1 fully saturated rings. The second kappa shape index (κ2) is 8.77. The highest BCUT2D eigenvalue weighted by Crippen LogP contribution is 2.26. The molecule has 4 rings (SSSR count). The summed E-state index contributed by atoms with van der Waals surface area (Å²) in [6.07, 6.45) is 1.82. The lowest BCUT2D eigenvalue weighted by Gasteiger charge is -2.31. The van der Waals surface area contributed by atoms with Crippen molar-refractivity contribution in [2.24, 2.45) is 0 Å². The predicted octanol–water partition coefficient (Wildman–Crippen LogP) is 3.68. The van der Waals surface area contributed by atoms with Crippen LogP contribution in [0, 0.1) is 0 Å². The van der Waals surface area contributed by atoms with E-state index < -0.39 is 0 Å². The van der Waals surface area contributed by atoms with Gasteiger partial charge < -0.3 is 18.9 Å². The first-order chi connectivity index (χ1) is 14.2. The van der Waals surface area contributed by atoms with Crippen LogP contribution in [0.15, 0.2) is 59.1 Å². The third-order valence-corrected chi connectivity index (χ3v) is 5.00. The van der Waals surface area contributed by atoms with E-state index in [9.17, 15) is 4.79 Å². The Morgan fingerprint density at radius 1 is 1.14 bits per heavy atom. The Labute approximate surface area is 169 Å². The normalized spacial score (nSPS) is 16.4. The summed E-state index contributed by atoms with van der Waals surface area (Å²) < 4.78 is 16.2. The van der Waals surface area contributed by atoms with E-state index in [0.717, 1.165) is 30.9 Å². The van der Waals surface area contributed by atoms with Crippen molar-refractivity contribution in [1.29, 1.82) is 0 Å². The van der Waals surface area contributed by atoms with Crippen molar-refractivity contribution in [3.63, 3.8) is 0 Å². The molecule has 2 aromatic carbocycles. The van der Waals surface area contributed by atoms with E-state index in [1.807, 2.05) is 35.2 Å². The molecule has 0 saturated carbocycles. The largest absolute Gasteiger partial charge is 0.497 e. The highest BCUT2D eigenvalue weighted by molar-refractivity contribution is 5.94. The van der Waals surface area contributed by atoms with Gasteiger partial charge in [0.15, 0.2) is 12.4 Å². The van der Waals surface area contributed by atoms with Crippen molar-refractivity contribution in [2.75, 3.05) is 20.2 Å². The van der Waals surface area contributed by atoms with Gasteiger partial charge in [0.1, 0.15) is 11.5 Å². The second-order valence-corrected chi connectivity index (χ2v) is 6.97. The molecule has 0 bridgehead atoms. The number of para-hydroxylation sites is 1. The Bertz CT molecular complexity index is 940. The van der Waals surface area contributed by atoms with Crippen LogP contribution >= 0.6 is 0 Å². The number of carbonyl (C=O) groups is 1. The Morgan fingerprint density at radius 2 is 1.93 bits per heavy atom. The first-order valence-corrected chi connectivity index (χ1v) is 9.66. The number of benzene rings is 2. The van der Waals surface area contributed by atoms with E-state index in [0.29, 0.717) is 23.8 Å². The van der Waals surface area contributed by atoms with Gasteiger partial charge in [-0.05, 0) is 49.2 Å². The highest BCUT2D eigenvalue weighted by Gasteiger charge is 2.28. The zero-order valence-corrected chi connectivity index (χ0v) is 16.3. The van der Waals surface area contributed by atoms with Crippen LogP contribution < -0.4 is 9.47 Å². The molecule has 0 N–H and O–H groups in total. The summed E-state index contributed by atoms with van der Waals surface area (Å²) in [5.74, 6) is 2.61. The number of ether oxygens (including phenoxy) is 2. The van der Waals surface area contributed by atoms with Gasteiger partial charge in [-0.2, -0.15) is 4.98 Å². The minimum absolute atomic E-state index is 0.00785. The van der Waals surface area contributed by atoms with E-state index in [4.69, 9.17) is 14.0 Å². The van der Waals surface area contributed by atoms with Gasteiger partial charge in [0.25, 0.3) is 11.8 Å². The van der Waals surface area contributed by atoms with Gasteiger partial charge in [0, 0.05) is 24.6 Å². The lowest BCUT2D eigenvalue weighted by atomic mass is 9.96. The third kappa shape index (κ3) is 4.56. The number of piperidine rings is 1. The molecule has 1 unspecified atom stereocenters. The molecule has 1 aromatic heterocycles. The standard InChI is InChI=1S/C22H23N3O4/c1-27-18-11-9-16(10-12-18)22(26)25-13-5-6-17(14-25)21-23-20(29-24-21)15-28-19-7-3-2-4-8-19/h2-4,7-12,17H,5-6,13-15H2,1H3. The fourth-order valence-electron chi connectivity index (χ4n) is 3.44. The van der Waals surface area contributed by atoms with Gasteiger partial charge in [-0.25, -0.2) is 0 Å². The molecule has 1 amide bonds. The molecule has 7 nitrogen and oxygen atoms in total. The van der Waals surface area contributed by atoms with Crippen LogP contribution in [0.25, 0.3) is 0 Å². The smallest absolute Gasteiger partial charge is 0.264 e. The summed E-state index contributed by atoms with van der Waals surface area (Å²) in [5.41, 5.74) is 0.650. The van der Waals surface area contributed by atoms with Crippen LogP contribution in [0.3, 0.4) is 0 Å². The maximum atomic E-state index is 12.8. The molecule has 0 radical (unpaired) electrons. The van der Waals surface area contributed by atoms with Crippen molar-refractivity contribution in [1.82, 2.24) is 15.0 Å². The SMILES string of the molecule is COc1ccc(C(=O)N2CCCC(c3noc(COc4ccccc4)n3)C2)cc1. The molecule has 3 aromatic rings. The Balaban J connectivity index is 1.38. The summed E-state index contributed by atoms with van der Waals surface area (Å²) in [6.45, 7) is 1.52. The van der Waals surface area contributed by atoms with Gasteiger partial charge in [-0.15, -0.1) is 0 Å². The van der Waals surface area contributed by atoms with Crippen LogP contribution in [0.2, 0.25) is 0 Å². The molecular formula is C22H23N3O4. The Hall–Kier alpha value is -3.35. The summed E-state index contributed by atoms with van der Waals surface area (Å²) >= 11 is 0. The van der Waals surface area contributed by atoms with Crippen molar-refractivity contribution in [3.05, 3.63) is 71.9 Å². The average molecular weight is 393 g/mol. The summed E-state index contributed by atoms with van der Waals surface area (Å²) in [7, 11) is 1.61. The second-order valence-electron chi connectivity index (χ2n) is 6.97. The number of hydrogen-bond acceptors (Lipinski definition) is 6. The Morgan fingerprint density at radius 3 is 2.69 bits per heavy atom. The number of amides is 1. The topological polar surface area (TPSA) is 77.7 Å². The van der Waals surface area contributed by atoms with E-state index in [-0.39, 0.29) is 18.4 Å². The van der Waals surface area contributed by atoms with Crippen LogP contribution in [0.1, 0.15) is 40.8 Å². The summed E-state index contributed by atoms with van der Waals surface area (Å²) in [4.78, 5) is 19.2. The first-order valence-electron chi connectivity index (χ1n) is 9.66. The van der Waals surface area contributed by atoms with Crippen molar-refractivity contribution >= 4 is 5.91 Å². The van der Waals surface area contributed by atoms with Crippen molar-refractivity contribution < 1.29 is 18.8 Å². The molecule has 7 heteroatoms. The monoisotopic (exact) mass is 393 g/mol. The molecule has 1 atom stereocenters. The number of likely N-dealkylation sites (tertiary alicyclic amines) is 1. The van der Waals surface area contributed by atoms with E-state index in [1.54, 1.807) is 31.4 Å². The van der Waals surface area contributed by atoms with E-state index in [1.165, 1.54) is 0 Å². The fourth-order valence-corrected chi connectivity index (χ4v) is 3.44. The van der Waals surface area contributed by atoms with Gasteiger partial charge in [-0.1, -0.05) is 23.4 Å². The number of hydrogen-bond donors (Lipinski definition) is 0. The predicted molar refractivity (Wildman–Crippen MR) is 106 cm³/mol. The van der Waals surface area contributed by atoms with Crippen LogP contribution in [0.4, 0.5) is 0 Å². The van der Waals surface area contributed by atoms with Gasteiger partial charge in [0.05, 0.1) is 7.11 Å². The lowest BCUT2D eigenvalue weighted by molar-refractivity contribution is 0.0703. The number of aromatic nitrogens is 2. The molecule has 1 aliphatic rings. The number of methoxy groups -OCH3 is 1. The Kier molecular flexibility index (Phi) is 5.74. The molecule has 150 valence electrons. The van der Waals surface area contributed by atoms with Crippen LogP contribution in [-0.2, 0) is 6.61 Å². The average Bonchev–Trinajstić information content (AvgIpc) is 3.27. The fraction of sp³-hybridized carbons (Fsp3) is 0.318. The molecule has 1 saturated heterocycles. The molecular weight excluding hydrogens is 370 g/mol. The van der Waals surface area contributed by atoms with Crippen LogP contribution in [0.5, 0.6) is 11.5 Å². The maximum absolute atomic E-state index is 12.8. The zero-order valence-electron chi connectivity index (χ0n) is 16.3. The van der Waals surface area contributed by atoms with Gasteiger partial charge >= 0.3 is 0 Å². The number of carbonyl (C=O) groups excluding carboxylic acids is 1. The molecule has 1 aliphatic heterocycles.